The molecule has 0 radical (unpaired) electrons. The first-order chi connectivity index (χ1) is 6.97. The highest BCUT2D eigenvalue weighted by molar-refractivity contribution is 9.10. The summed E-state index contributed by atoms with van der Waals surface area (Å²) in [7, 11) is 0. The van der Waals surface area contributed by atoms with Gasteiger partial charge in [-0.15, -0.1) is 11.3 Å². The second-order valence-corrected chi connectivity index (χ2v) is 4.27. The molecule has 0 spiro atoms. The molecule has 0 aliphatic carbocycles. The highest BCUT2D eigenvalue weighted by Gasteiger charge is 2.32. The SMILES string of the molecule is FC(F)(F)c1cnn(-c2nc(Br)cs2)c1. The predicted molar refractivity (Wildman–Crippen MR) is 51.9 cm³/mol. The van der Waals surface area contributed by atoms with Gasteiger partial charge in [-0.1, -0.05) is 0 Å². The number of nitrogens with zero attached hydrogens (tertiary/aromatic N) is 3. The molecule has 0 amide bonds. The molecule has 0 atom stereocenters. The van der Waals surface area contributed by atoms with Gasteiger partial charge in [0.15, 0.2) is 0 Å². The zero-order chi connectivity index (χ0) is 11.1. The summed E-state index contributed by atoms with van der Waals surface area (Å²) in [5, 5.41) is 5.65. The lowest BCUT2D eigenvalue weighted by atomic mass is 10.4. The molecule has 2 rings (SSSR count). The van der Waals surface area contributed by atoms with Crippen molar-refractivity contribution in [2.24, 2.45) is 0 Å². The second-order valence-electron chi connectivity index (χ2n) is 2.62. The van der Waals surface area contributed by atoms with Crippen LogP contribution in [-0.4, -0.2) is 14.8 Å². The van der Waals surface area contributed by atoms with Gasteiger partial charge in [-0.3, -0.25) is 0 Å². The van der Waals surface area contributed by atoms with Crippen LogP contribution >= 0.6 is 27.3 Å². The molecule has 0 saturated carbocycles. The average molecular weight is 298 g/mol. The van der Waals surface area contributed by atoms with Gasteiger partial charge in [0.05, 0.1) is 11.8 Å². The Kier molecular flexibility index (Phi) is 2.55. The molecular formula is C7H3BrF3N3S. The van der Waals surface area contributed by atoms with Crippen molar-refractivity contribution in [3.05, 3.63) is 27.9 Å². The lowest BCUT2D eigenvalue weighted by molar-refractivity contribution is -0.137. The molecule has 0 aromatic carbocycles. The zero-order valence-corrected chi connectivity index (χ0v) is 9.40. The minimum atomic E-state index is -4.37. The predicted octanol–water partition coefficient (Wildman–Crippen LogP) is 3.11. The molecule has 0 fully saturated rings. The van der Waals surface area contributed by atoms with Crippen molar-refractivity contribution < 1.29 is 13.2 Å². The van der Waals surface area contributed by atoms with E-state index in [9.17, 15) is 13.2 Å². The van der Waals surface area contributed by atoms with Crippen LogP contribution in [0.1, 0.15) is 5.56 Å². The van der Waals surface area contributed by atoms with E-state index in [1.54, 1.807) is 5.38 Å². The number of rotatable bonds is 1. The molecule has 0 bridgehead atoms. The maximum absolute atomic E-state index is 12.2. The number of hydrogen-bond acceptors (Lipinski definition) is 3. The van der Waals surface area contributed by atoms with Crippen molar-refractivity contribution in [3.8, 4) is 5.13 Å². The lowest BCUT2D eigenvalue weighted by Crippen LogP contribution is -2.02. The number of thiazole rings is 1. The van der Waals surface area contributed by atoms with Gasteiger partial charge < -0.3 is 0 Å². The summed E-state index contributed by atoms with van der Waals surface area (Å²) < 4.78 is 38.4. The van der Waals surface area contributed by atoms with Crippen LogP contribution in [-0.2, 0) is 6.18 Å². The number of halogens is 4. The van der Waals surface area contributed by atoms with E-state index in [1.165, 1.54) is 11.3 Å². The smallest absolute Gasteiger partial charge is 0.213 e. The summed E-state index contributed by atoms with van der Waals surface area (Å²) in [4.78, 5) is 3.94. The summed E-state index contributed by atoms with van der Waals surface area (Å²) in [6, 6.07) is 0. The topological polar surface area (TPSA) is 30.7 Å². The van der Waals surface area contributed by atoms with E-state index in [4.69, 9.17) is 0 Å². The minimum Gasteiger partial charge on any atom is -0.213 e. The van der Waals surface area contributed by atoms with Crippen LogP contribution in [0.2, 0.25) is 0 Å². The Morgan fingerprint density at radius 3 is 2.60 bits per heavy atom. The summed E-state index contributed by atoms with van der Waals surface area (Å²) in [6.07, 6.45) is -2.69. The van der Waals surface area contributed by atoms with E-state index in [0.717, 1.165) is 17.1 Å². The van der Waals surface area contributed by atoms with Crippen molar-refractivity contribution in [2.45, 2.75) is 6.18 Å². The van der Waals surface area contributed by atoms with E-state index < -0.39 is 11.7 Å². The van der Waals surface area contributed by atoms with Crippen molar-refractivity contribution in [1.82, 2.24) is 14.8 Å². The Bertz CT molecular complexity index is 476. The van der Waals surface area contributed by atoms with Crippen LogP contribution < -0.4 is 0 Å². The quantitative estimate of drug-likeness (QED) is 0.810. The van der Waals surface area contributed by atoms with Crippen LogP contribution in [0.15, 0.2) is 22.4 Å². The van der Waals surface area contributed by atoms with Gasteiger partial charge in [0, 0.05) is 11.6 Å². The molecule has 15 heavy (non-hydrogen) atoms. The van der Waals surface area contributed by atoms with Gasteiger partial charge in [-0.05, 0) is 15.9 Å². The van der Waals surface area contributed by atoms with Crippen LogP contribution in [0.25, 0.3) is 5.13 Å². The summed E-state index contributed by atoms with van der Waals surface area (Å²) >= 11 is 4.31. The molecule has 0 aliphatic rings. The Morgan fingerprint density at radius 1 is 1.40 bits per heavy atom. The third kappa shape index (κ3) is 2.20. The maximum Gasteiger partial charge on any atom is 0.419 e. The van der Waals surface area contributed by atoms with Crippen molar-refractivity contribution in [2.75, 3.05) is 0 Å². The van der Waals surface area contributed by atoms with E-state index in [2.05, 4.69) is 26.0 Å². The molecule has 0 N–H and O–H groups in total. The number of alkyl halides is 3. The first kappa shape index (κ1) is 10.6. The van der Waals surface area contributed by atoms with Gasteiger partial charge >= 0.3 is 6.18 Å². The number of aromatic nitrogens is 3. The normalized spacial score (nSPS) is 12.0. The molecule has 80 valence electrons. The third-order valence-electron chi connectivity index (χ3n) is 1.57. The maximum atomic E-state index is 12.2. The van der Waals surface area contributed by atoms with Gasteiger partial charge in [0.2, 0.25) is 5.13 Å². The van der Waals surface area contributed by atoms with Crippen molar-refractivity contribution in [1.29, 1.82) is 0 Å². The monoisotopic (exact) mass is 297 g/mol. The highest BCUT2D eigenvalue weighted by atomic mass is 79.9. The minimum absolute atomic E-state index is 0.386. The fraction of sp³-hybridized carbons (Fsp3) is 0.143. The molecule has 8 heteroatoms. The molecule has 0 unspecified atom stereocenters. The van der Waals surface area contributed by atoms with E-state index in [1.807, 2.05) is 0 Å². The first-order valence-corrected chi connectivity index (χ1v) is 5.37. The first-order valence-electron chi connectivity index (χ1n) is 3.70. The fourth-order valence-electron chi connectivity index (χ4n) is 0.924. The summed E-state index contributed by atoms with van der Waals surface area (Å²) in [5.74, 6) is 0. The third-order valence-corrected chi connectivity index (χ3v) is 3.11. The van der Waals surface area contributed by atoms with Crippen molar-refractivity contribution >= 4 is 27.3 Å². The average Bonchev–Trinajstić information content (AvgIpc) is 2.69. The highest BCUT2D eigenvalue weighted by Crippen LogP contribution is 2.29. The molecule has 2 aromatic heterocycles. The second kappa shape index (κ2) is 3.60. The molecular weight excluding hydrogens is 295 g/mol. The molecule has 3 nitrogen and oxygen atoms in total. The zero-order valence-electron chi connectivity index (χ0n) is 6.99. The summed E-state index contributed by atoms with van der Waals surface area (Å²) in [6.45, 7) is 0. The van der Waals surface area contributed by atoms with E-state index in [0.29, 0.717) is 9.73 Å². The van der Waals surface area contributed by atoms with Gasteiger partial charge in [0.1, 0.15) is 4.60 Å². The lowest BCUT2D eigenvalue weighted by Gasteiger charge is -1.99. The Hall–Kier alpha value is -0.890. The van der Waals surface area contributed by atoms with Crippen LogP contribution in [0, 0.1) is 0 Å². The molecule has 2 heterocycles. The Labute approximate surface area is 94.7 Å². The van der Waals surface area contributed by atoms with Crippen LogP contribution in [0.5, 0.6) is 0 Å². The van der Waals surface area contributed by atoms with E-state index in [-0.39, 0.29) is 0 Å². The molecule has 2 aromatic rings. The fourth-order valence-corrected chi connectivity index (χ4v) is 2.10. The van der Waals surface area contributed by atoms with Crippen LogP contribution in [0.3, 0.4) is 0 Å². The Morgan fingerprint density at radius 2 is 2.13 bits per heavy atom. The van der Waals surface area contributed by atoms with E-state index >= 15 is 0 Å². The largest absolute Gasteiger partial charge is 0.419 e. The van der Waals surface area contributed by atoms with Gasteiger partial charge in [0.25, 0.3) is 0 Å². The number of hydrogen-bond donors (Lipinski definition) is 0. The summed E-state index contributed by atoms with van der Waals surface area (Å²) in [5.41, 5.74) is -0.783. The molecule has 0 aliphatic heterocycles. The van der Waals surface area contributed by atoms with Gasteiger partial charge in [-0.2, -0.15) is 18.3 Å². The van der Waals surface area contributed by atoms with Crippen LogP contribution in [0.4, 0.5) is 13.2 Å². The van der Waals surface area contributed by atoms with Crippen molar-refractivity contribution in [3.63, 3.8) is 0 Å². The Balaban J connectivity index is 2.36. The molecule has 0 saturated heterocycles. The standard InChI is InChI=1S/C7H3BrF3N3S/c8-5-3-15-6(13-5)14-2-4(1-12-14)7(9,10)11/h1-3H. The van der Waals surface area contributed by atoms with Gasteiger partial charge in [-0.25, -0.2) is 9.67 Å².